The fraction of sp³-hybridized carbons (Fsp3) is 0.391. The van der Waals surface area contributed by atoms with Gasteiger partial charge in [-0.15, -0.1) is 0 Å². The second kappa shape index (κ2) is 10.3. The summed E-state index contributed by atoms with van der Waals surface area (Å²) < 4.78 is 6.56. The van der Waals surface area contributed by atoms with Crippen LogP contribution in [0.2, 0.25) is 5.02 Å². The molecule has 2 amide bonds. The molecular formula is C23H28BrClN2O3. The van der Waals surface area contributed by atoms with E-state index in [2.05, 4.69) is 42.0 Å². The summed E-state index contributed by atoms with van der Waals surface area (Å²) in [5.41, 5.74) is 2.04. The summed E-state index contributed by atoms with van der Waals surface area (Å²) in [5, 5.41) is 3.21. The van der Waals surface area contributed by atoms with Gasteiger partial charge in [0.15, 0.2) is 6.61 Å². The molecule has 162 valence electrons. The molecule has 5 nitrogen and oxygen atoms in total. The molecule has 2 rings (SSSR count). The summed E-state index contributed by atoms with van der Waals surface area (Å²) >= 11 is 9.47. The monoisotopic (exact) mass is 494 g/mol. The molecule has 2 aromatic carbocycles. The quantitative estimate of drug-likeness (QED) is 0.592. The number of benzene rings is 2. The van der Waals surface area contributed by atoms with E-state index in [1.807, 2.05) is 30.3 Å². The van der Waals surface area contributed by atoms with Crippen LogP contribution in [0, 0.1) is 0 Å². The van der Waals surface area contributed by atoms with Gasteiger partial charge in [-0.3, -0.25) is 9.59 Å². The predicted octanol–water partition coefficient (Wildman–Crippen LogP) is 4.94. The first-order chi connectivity index (χ1) is 14.0. The zero-order chi connectivity index (χ0) is 22.5. The Hall–Kier alpha value is -2.05. The van der Waals surface area contributed by atoms with E-state index in [0.29, 0.717) is 10.8 Å². The molecule has 0 aliphatic carbocycles. The lowest BCUT2D eigenvalue weighted by Crippen LogP contribution is -2.48. The van der Waals surface area contributed by atoms with E-state index >= 15 is 0 Å². The molecular weight excluding hydrogens is 468 g/mol. The molecule has 0 spiro atoms. The number of hydrogen-bond donors (Lipinski definition) is 1. The Balaban J connectivity index is 2.15. The maximum Gasteiger partial charge on any atom is 0.261 e. The lowest BCUT2D eigenvalue weighted by Gasteiger charge is -2.28. The number of likely N-dealkylation sites (N-methyl/N-ethyl adjacent to an activating group) is 1. The molecule has 1 unspecified atom stereocenters. The first-order valence-electron chi connectivity index (χ1n) is 9.71. The molecule has 0 radical (unpaired) electrons. The molecule has 2 aromatic rings. The van der Waals surface area contributed by atoms with E-state index in [4.69, 9.17) is 16.3 Å². The Morgan fingerprint density at radius 3 is 2.33 bits per heavy atom. The van der Waals surface area contributed by atoms with Crippen molar-refractivity contribution in [1.29, 1.82) is 0 Å². The van der Waals surface area contributed by atoms with Crippen LogP contribution in [0.4, 0.5) is 0 Å². The Morgan fingerprint density at radius 1 is 1.17 bits per heavy atom. The van der Waals surface area contributed by atoms with Crippen LogP contribution < -0.4 is 10.1 Å². The van der Waals surface area contributed by atoms with Crippen molar-refractivity contribution >= 4 is 39.3 Å². The van der Waals surface area contributed by atoms with Crippen LogP contribution in [0.5, 0.6) is 5.75 Å². The van der Waals surface area contributed by atoms with Gasteiger partial charge in [-0.25, -0.2) is 0 Å². The Bertz CT molecular complexity index is 894. The minimum Gasteiger partial charge on any atom is -0.483 e. The number of nitrogens with one attached hydrogen (secondary N) is 1. The molecule has 0 saturated carbocycles. The summed E-state index contributed by atoms with van der Waals surface area (Å²) in [7, 11) is 1.55. The lowest BCUT2D eigenvalue weighted by atomic mass is 9.87. The molecule has 1 N–H and O–H groups in total. The number of amides is 2. The van der Waals surface area contributed by atoms with Crippen molar-refractivity contribution in [3.05, 3.63) is 63.1 Å². The maximum absolute atomic E-state index is 13.0. The van der Waals surface area contributed by atoms with E-state index in [0.717, 1.165) is 15.6 Å². The molecule has 0 heterocycles. The molecule has 0 bridgehead atoms. The van der Waals surface area contributed by atoms with Crippen LogP contribution in [-0.4, -0.2) is 36.4 Å². The molecule has 0 aromatic heterocycles. The average Bonchev–Trinajstić information content (AvgIpc) is 2.70. The van der Waals surface area contributed by atoms with Crippen molar-refractivity contribution in [3.63, 3.8) is 0 Å². The van der Waals surface area contributed by atoms with E-state index in [1.165, 1.54) is 4.90 Å². The van der Waals surface area contributed by atoms with Crippen LogP contribution in [0.1, 0.15) is 38.8 Å². The number of carbonyl (C=O) groups is 2. The third kappa shape index (κ3) is 6.47. The highest BCUT2D eigenvalue weighted by Crippen LogP contribution is 2.31. The summed E-state index contributed by atoms with van der Waals surface area (Å²) in [6.07, 6.45) is 0. The van der Waals surface area contributed by atoms with Crippen molar-refractivity contribution in [1.82, 2.24) is 10.2 Å². The predicted molar refractivity (Wildman–Crippen MR) is 124 cm³/mol. The number of ether oxygens (including phenoxy) is 1. The van der Waals surface area contributed by atoms with Crippen molar-refractivity contribution < 1.29 is 14.3 Å². The van der Waals surface area contributed by atoms with Crippen molar-refractivity contribution in [3.8, 4) is 5.75 Å². The summed E-state index contributed by atoms with van der Waals surface area (Å²) in [5.74, 6) is 0.0521. The molecule has 0 aliphatic rings. The van der Waals surface area contributed by atoms with Gasteiger partial charge in [-0.05, 0) is 63.7 Å². The van der Waals surface area contributed by atoms with Gasteiger partial charge in [0.25, 0.3) is 5.91 Å². The Labute approximate surface area is 191 Å². The number of nitrogens with zero attached hydrogens (tertiary/aromatic N) is 1. The summed E-state index contributed by atoms with van der Waals surface area (Å²) in [4.78, 5) is 26.7. The standard InChI is InChI=1S/C23H28BrClN2O3/c1-15(22(29)26-5)27(13-16-6-9-18(25)10-7-16)21(28)14-30-20-11-8-17(12-19(20)24)23(2,3)4/h6-12,15H,13-14H2,1-5H3,(H,26,29). The van der Waals surface area contributed by atoms with Crippen LogP contribution in [0.25, 0.3) is 0 Å². The van der Waals surface area contributed by atoms with E-state index in [1.54, 1.807) is 26.1 Å². The normalized spacial score (nSPS) is 12.2. The van der Waals surface area contributed by atoms with Crippen molar-refractivity contribution in [2.75, 3.05) is 13.7 Å². The highest BCUT2D eigenvalue weighted by molar-refractivity contribution is 9.10. The third-order valence-corrected chi connectivity index (χ3v) is 5.70. The minimum absolute atomic E-state index is 0.00912. The number of rotatable bonds is 7. The Kier molecular flexibility index (Phi) is 8.33. The molecule has 0 saturated heterocycles. The van der Waals surface area contributed by atoms with Crippen molar-refractivity contribution in [2.45, 2.75) is 45.7 Å². The topological polar surface area (TPSA) is 58.6 Å². The van der Waals surface area contributed by atoms with Gasteiger partial charge in [-0.2, -0.15) is 0 Å². The van der Waals surface area contributed by atoms with E-state index in [-0.39, 0.29) is 30.4 Å². The maximum atomic E-state index is 13.0. The van der Waals surface area contributed by atoms with Crippen LogP contribution in [0.3, 0.4) is 0 Å². The molecule has 0 aliphatic heterocycles. The third-order valence-electron chi connectivity index (χ3n) is 4.83. The Morgan fingerprint density at radius 2 is 1.80 bits per heavy atom. The smallest absolute Gasteiger partial charge is 0.261 e. The SMILES string of the molecule is CNC(=O)C(C)N(Cc1ccc(Cl)cc1)C(=O)COc1ccc(C(C)(C)C)cc1Br. The van der Waals surface area contributed by atoms with Gasteiger partial charge in [-0.1, -0.05) is 50.6 Å². The largest absolute Gasteiger partial charge is 0.483 e. The number of carbonyl (C=O) groups excluding carboxylic acids is 2. The van der Waals surface area contributed by atoms with Crippen LogP contribution >= 0.6 is 27.5 Å². The number of halogens is 2. The fourth-order valence-corrected chi connectivity index (χ4v) is 3.50. The second-order valence-electron chi connectivity index (χ2n) is 8.12. The van der Waals surface area contributed by atoms with Crippen molar-refractivity contribution in [2.24, 2.45) is 0 Å². The lowest BCUT2D eigenvalue weighted by molar-refractivity contribution is -0.142. The number of hydrogen-bond acceptors (Lipinski definition) is 3. The zero-order valence-electron chi connectivity index (χ0n) is 18.0. The fourth-order valence-electron chi connectivity index (χ4n) is 2.88. The van der Waals surface area contributed by atoms with Crippen LogP contribution in [0.15, 0.2) is 46.9 Å². The van der Waals surface area contributed by atoms with E-state index < -0.39 is 6.04 Å². The zero-order valence-corrected chi connectivity index (χ0v) is 20.3. The highest BCUT2D eigenvalue weighted by Gasteiger charge is 2.26. The average molecular weight is 496 g/mol. The van der Waals surface area contributed by atoms with Gasteiger partial charge >= 0.3 is 0 Å². The van der Waals surface area contributed by atoms with Crippen LogP contribution in [-0.2, 0) is 21.5 Å². The summed E-state index contributed by atoms with van der Waals surface area (Å²) in [6.45, 7) is 8.19. The first kappa shape index (κ1) is 24.2. The van der Waals surface area contributed by atoms with Gasteiger partial charge in [0.2, 0.25) is 5.91 Å². The molecule has 0 fully saturated rings. The van der Waals surface area contributed by atoms with Gasteiger partial charge in [0.1, 0.15) is 11.8 Å². The molecule has 7 heteroatoms. The van der Waals surface area contributed by atoms with Gasteiger partial charge < -0.3 is 15.0 Å². The summed E-state index contributed by atoms with van der Waals surface area (Å²) in [6, 6.07) is 12.4. The minimum atomic E-state index is -0.645. The molecule has 1 atom stereocenters. The first-order valence-corrected chi connectivity index (χ1v) is 10.9. The second-order valence-corrected chi connectivity index (χ2v) is 9.41. The van der Waals surface area contributed by atoms with Gasteiger partial charge in [0, 0.05) is 18.6 Å². The van der Waals surface area contributed by atoms with Gasteiger partial charge in [0.05, 0.1) is 4.47 Å². The van der Waals surface area contributed by atoms with E-state index in [9.17, 15) is 9.59 Å². The molecule has 30 heavy (non-hydrogen) atoms. The highest BCUT2D eigenvalue weighted by atomic mass is 79.9.